The maximum Gasteiger partial charge on any atom is 0.160 e. The zero-order chi connectivity index (χ0) is 13.9. The van der Waals surface area contributed by atoms with Gasteiger partial charge in [-0.2, -0.15) is 11.8 Å². The third-order valence-corrected chi connectivity index (χ3v) is 4.96. The summed E-state index contributed by atoms with van der Waals surface area (Å²) < 4.78 is 2.18. The van der Waals surface area contributed by atoms with Gasteiger partial charge in [0.05, 0.1) is 5.88 Å². The molecule has 0 N–H and O–H groups in total. The van der Waals surface area contributed by atoms with Crippen LogP contribution in [0.25, 0.3) is 11.2 Å². The fourth-order valence-corrected chi connectivity index (χ4v) is 3.77. The van der Waals surface area contributed by atoms with Gasteiger partial charge in [-0.25, -0.2) is 9.97 Å². The van der Waals surface area contributed by atoms with Crippen molar-refractivity contribution in [3.63, 3.8) is 0 Å². The molecule has 0 saturated carbocycles. The van der Waals surface area contributed by atoms with E-state index in [1.54, 1.807) is 0 Å². The Morgan fingerprint density at radius 1 is 1.30 bits per heavy atom. The van der Waals surface area contributed by atoms with Crippen LogP contribution in [-0.2, 0) is 12.4 Å². The van der Waals surface area contributed by atoms with Crippen LogP contribution in [-0.4, -0.2) is 50.6 Å². The largest absolute Gasteiger partial charge is 0.310 e. The molecule has 1 aliphatic heterocycles. The average Bonchev–Trinajstić information content (AvgIpc) is 2.85. The van der Waals surface area contributed by atoms with Crippen LogP contribution in [0.4, 0.5) is 0 Å². The molecule has 1 fully saturated rings. The number of imidazole rings is 1. The first-order valence-corrected chi connectivity index (χ1v) is 8.65. The van der Waals surface area contributed by atoms with Crippen molar-refractivity contribution >= 4 is 34.5 Å². The molecule has 0 radical (unpaired) electrons. The highest BCUT2D eigenvalue weighted by molar-refractivity contribution is 7.99. The number of rotatable bonds is 4. The monoisotopic (exact) mass is 310 g/mol. The Hall–Kier alpha value is -0.780. The first-order chi connectivity index (χ1) is 9.79. The Morgan fingerprint density at radius 3 is 2.85 bits per heavy atom. The predicted octanol–water partition coefficient (Wildman–Crippen LogP) is 2.53. The Balaban J connectivity index is 1.84. The van der Waals surface area contributed by atoms with Gasteiger partial charge in [0, 0.05) is 43.9 Å². The van der Waals surface area contributed by atoms with Crippen molar-refractivity contribution in [2.45, 2.75) is 19.3 Å². The molecular formula is C14H19ClN4S. The summed E-state index contributed by atoms with van der Waals surface area (Å²) in [5.74, 6) is 3.84. The Labute approximate surface area is 128 Å². The van der Waals surface area contributed by atoms with Gasteiger partial charge in [-0.05, 0) is 18.6 Å². The van der Waals surface area contributed by atoms with Crippen LogP contribution >= 0.6 is 23.4 Å². The van der Waals surface area contributed by atoms with Crippen molar-refractivity contribution in [2.24, 2.45) is 0 Å². The first-order valence-electron chi connectivity index (χ1n) is 6.96. The van der Waals surface area contributed by atoms with Crippen LogP contribution in [0, 0.1) is 6.92 Å². The minimum absolute atomic E-state index is 0.436. The lowest BCUT2D eigenvalue weighted by Crippen LogP contribution is -2.35. The van der Waals surface area contributed by atoms with Gasteiger partial charge in [-0.15, -0.1) is 11.6 Å². The van der Waals surface area contributed by atoms with E-state index in [0.29, 0.717) is 5.88 Å². The molecule has 6 heteroatoms. The second kappa shape index (κ2) is 6.33. The number of alkyl halides is 1. The number of thioether (sulfide) groups is 1. The SMILES string of the molecule is Cc1ccnc2c1nc(CCl)n2CCN1CCSCC1. The summed E-state index contributed by atoms with van der Waals surface area (Å²) in [6, 6.07) is 2.00. The van der Waals surface area contributed by atoms with Gasteiger partial charge in [0.2, 0.25) is 0 Å². The quantitative estimate of drug-likeness (QED) is 0.813. The Kier molecular flexibility index (Phi) is 4.48. The van der Waals surface area contributed by atoms with Crippen LogP contribution < -0.4 is 0 Å². The summed E-state index contributed by atoms with van der Waals surface area (Å²) in [7, 11) is 0. The van der Waals surface area contributed by atoms with Gasteiger partial charge in [0.15, 0.2) is 5.65 Å². The van der Waals surface area contributed by atoms with Crippen molar-refractivity contribution < 1.29 is 0 Å². The second-order valence-electron chi connectivity index (χ2n) is 5.07. The summed E-state index contributed by atoms with van der Waals surface area (Å²) in [4.78, 5) is 11.6. The highest BCUT2D eigenvalue weighted by Crippen LogP contribution is 2.19. The van der Waals surface area contributed by atoms with E-state index in [1.165, 1.54) is 24.6 Å². The van der Waals surface area contributed by atoms with E-state index in [4.69, 9.17) is 11.6 Å². The van der Waals surface area contributed by atoms with E-state index in [0.717, 1.165) is 35.6 Å². The molecule has 2 aromatic rings. The van der Waals surface area contributed by atoms with Crippen LogP contribution in [0.5, 0.6) is 0 Å². The molecule has 0 spiro atoms. The van der Waals surface area contributed by atoms with Gasteiger partial charge in [0.1, 0.15) is 11.3 Å². The number of pyridine rings is 1. The van der Waals surface area contributed by atoms with Crippen molar-refractivity contribution in [1.82, 2.24) is 19.4 Å². The smallest absolute Gasteiger partial charge is 0.160 e. The molecule has 3 rings (SSSR count). The number of nitrogens with zero attached hydrogens (tertiary/aromatic N) is 4. The summed E-state index contributed by atoms with van der Waals surface area (Å²) in [5.41, 5.74) is 3.11. The minimum atomic E-state index is 0.436. The van der Waals surface area contributed by atoms with Crippen LogP contribution in [0.1, 0.15) is 11.4 Å². The van der Waals surface area contributed by atoms with Gasteiger partial charge in [-0.1, -0.05) is 0 Å². The summed E-state index contributed by atoms with van der Waals surface area (Å²) >= 11 is 8.09. The second-order valence-corrected chi connectivity index (χ2v) is 6.56. The molecule has 20 heavy (non-hydrogen) atoms. The fourth-order valence-electron chi connectivity index (χ4n) is 2.59. The average molecular weight is 311 g/mol. The molecule has 0 aromatic carbocycles. The zero-order valence-corrected chi connectivity index (χ0v) is 13.3. The summed E-state index contributed by atoms with van der Waals surface area (Å²) in [5, 5.41) is 0. The highest BCUT2D eigenvalue weighted by Gasteiger charge is 2.15. The van der Waals surface area contributed by atoms with E-state index in [9.17, 15) is 0 Å². The molecule has 1 saturated heterocycles. The minimum Gasteiger partial charge on any atom is -0.310 e. The lowest BCUT2D eigenvalue weighted by Gasteiger charge is -2.26. The molecule has 4 nitrogen and oxygen atoms in total. The number of aromatic nitrogens is 3. The molecule has 0 unspecified atom stereocenters. The molecule has 0 atom stereocenters. The number of aryl methyl sites for hydroxylation is 1. The molecule has 0 amide bonds. The van der Waals surface area contributed by atoms with E-state index in [1.807, 2.05) is 24.0 Å². The molecule has 2 aromatic heterocycles. The van der Waals surface area contributed by atoms with Gasteiger partial charge in [-0.3, -0.25) is 4.90 Å². The standard InChI is InChI=1S/C14H19ClN4S/c1-11-2-3-16-14-13(11)17-12(10-15)19(14)5-4-18-6-8-20-9-7-18/h2-3H,4-10H2,1H3. The van der Waals surface area contributed by atoms with E-state index in [-0.39, 0.29) is 0 Å². The molecule has 1 aliphatic rings. The Bertz CT molecular complexity index is 592. The molecule has 0 bridgehead atoms. The van der Waals surface area contributed by atoms with Gasteiger partial charge >= 0.3 is 0 Å². The number of fused-ring (bicyclic) bond motifs is 1. The van der Waals surface area contributed by atoms with Crippen molar-refractivity contribution in [2.75, 3.05) is 31.1 Å². The topological polar surface area (TPSA) is 34.0 Å². The predicted molar refractivity (Wildman–Crippen MR) is 85.6 cm³/mol. The highest BCUT2D eigenvalue weighted by atomic mass is 35.5. The number of hydrogen-bond acceptors (Lipinski definition) is 4. The van der Waals surface area contributed by atoms with E-state index >= 15 is 0 Å². The van der Waals surface area contributed by atoms with Crippen LogP contribution in [0.3, 0.4) is 0 Å². The van der Waals surface area contributed by atoms with Crippen molar-refractivity contribution in [3.8, 4) is 0 Å². The third kappa shape index (κ3) is 2.80. The van der Waals surface area contributed by atoms with Gasteiger partial charge in [0.25, 0.3) is 0 Å². The van der Waals surface area contributed by atoms with Gasteiger partial charge < -0.3 is 4.57 Å². The lowest BCUT2D eigenvalue weighted by atomic mass is 10.3. The Morgan fingerprint density at radius 2 is 2.10 bits per heavy atom. The molecule has 0 aliphatic carbocycles. The fraction of sp³-hybridized carbons (Fsp3) is 0.571. The zero-order valence-electron chi connectivity index (χ0n) is 11.7. The molecule has 108 valence electrons. The number of halogens is 1. The summed E-state index contributed by atoms with van der Waals surface area (Å²) in [6.07, 6.45) is 1.85. The maximum atomic E-state index is 6.05. The van der Waals surface area contributed by atoms with E-state index in [2.05, 4.69) is 26.4 Å². The third-order valence-electron chi connectivity index (χ3n) is 3.78. The first kappa shape index (κ1) is 14.2. The van der Waals surface area contributed by atoms with Crippen LogP contribution in [0.2, 0.25) is 0 Å². The van der Waals surface area contributed by atoms with Crippen molar-refractivity contribution in [3.05, 3.63) is 23.7 Å². The normalized spacial score (nSPS) is 16.9. The summed E-state index contributed by atoms with van der Waals surface area (Å²) in [6.45, 7) is 6.40. The van der Waals surface area contributed by atoms with Crippen molar-refractivity contribution in [1.29, 1.82) is 0 Å². The molecular weight excluding hydrogens is 292 g/mol. The molecule has 3 heterocycles. The van der Waals surface area contributed by atoms with E-state index < -0.39 is 0 Å². The number of hydrogen-bond donors (Lipinski definition) is 0. The lowest BCUT2D eigenvalue weighted by molar-refractivity contribution is 0.289. The van der Waals surface area contributed by atoms with Crippen LogP contribution in [0.15, 0.2) is 12.3 Å². The maximum absolute atomic E-state index is 6.05.